The van der Waals surface area contributed by atoms with Crippen molar-refractivity contribution < 1.29 is 0 Å². The lowest BCUT2D eigenvalue weighted by Gasteiger charge is -2.18. The van der Waals surface area contributed by atoms with E-state index in [1.54, 1.807) is 12.4 Å². The molecule has 0 aliphatic carbocycles. The average molecular weight is 249 g/mol. The summed E-state index contributed by atoms with van der Waals surface area (Å²) >= 11 is 6.28. The van der Waals surface area contributed by atoms with Crippen molar-refractivity contribution in [3.8, 4) is 0 Å². The smallest absolute Gasteiger partial charge is 0.115 e. The molecule has 0 spiro atoms. The third kappa shape index (κ3) is 2.44. The number of nitrogens with one attached hydrogen (secondary N) is 1. The lowest BCUT2D eigenvalue weighted by Crippen LogP contribution is -2.29. The van der Waals surface area contributed by atoms with Gasteiger partial charge in [0, 0.05) is 23.0 Å². The van der Waals surface area contributed by atoms with E-state index in [-0.39, 0.29) is 6.04 Å². The molecule has 0 radical (unpaired) electrons. The van der Waals surface area contributed by atoms with Crippen LogP contribution in [0.1, 0.15) is 22.7 Å². The number of hydrogen-bond acceptors (Lipinski definition) is 4. The van der Waals surface area contributed by atoms with Crippen molar-refractivity contribution in [1.29, 1.82) is 0 Å². The summed E-state index contributed by atoms with van der Waals surface area (Å²) in [4.78, 5) is 7.96. The van der Waals surface area contributed by atoms with Crippen LogP contribution in [0.4, 0.5) is 0 Å². The van der Waals surface area contributed by atoms with E-state index in [0.29, 0.717) is 5.02 Å². The highest BCUT2D eigenvalue weighted by molar-refractivity contribution is 6.32. The highest BCUT2D eigenvalue weighted by Gasteiger charge is 2.16. The summed E-state index contributed by atoms with van der Waals surface area (Å²) in [5.41, 5.74) is 5.55. The Kier molecular flexibility index (Phi) is 3.68. The van der Waals surface area contributed by atoms with E-state index in [4.69, 9.17) is 17.4 Å². The molecule has 1 aromatic heterocycles. The summed E-state index contributed by atoms with van der Waals surface area (Å²) in [6.45, 7) is 1.96. The number of aryl methyl sites for hydroxylation is 1. The van der Waals surface area contributed by atoms with E-state index in [2.05, 4.69) is 15.4 Å². The Balaban J connectivity index is 2.46. The number of benzene rings is 1. The van der Waals surface area contributed by atoms with Gasteiger partial charge >= 0.3 is 0 Å². The lowest BCUT2D eigenvalue weighted by molar-refractivity contribution is 0.631. The van der Waals surface area contributed by atoms with Gasteiger partial charge in [-0.25, -0.2) is 15.4 Å². The molecule has 2 rings (SSSR count). The normalized spacial score (nSPS) is 12.4. The third-order valence-corrected chi connectivity index (χ3v) is 3.13. The van der Waals surface area contributed by atoms with Gasteiger partial charge in [-0.05, 0) is 18.1 Å². The van der Waals surface area contributed by atoms with Gasteiger partial charge in [-0.2, -0.15) is 0 Å². The van der Waals surface area contributed by atoms with Crippen molar-refractivity contribution in [2.24, 2.45) is 5.84 Å². The minimum atomic E-state index is -0.205. The second-order valence-corrected chi connectivity index (χ2v) is 4.13. The first kappa shape index (κ1) is 12.0. The van der Waals surface area contributed by atoms with E-state index in [1.165, 1.54) is 6.33 Å². The van der Waals surface area contributed by atoms with E-state index >= 15 is 0 Å². The fourth-order valence-electron chi connectivity index (χ4n) is 1.72. The maximum atomic E-state index is 6.28. The van der Waals surface area contributed by atoms with Crippen molar-refractivity contribution in [3.05, 3.63) is 58.6 Å². The molecule has 0 fully saturated rings. The molecule has 0 aliphatic heterocycles. The van der Waals surface area contributed by atoms with Crippen LogP contribution < -0.4 is 11.3 Å². The largest absolute Gasteiger partial charge is 0.271 e. The van der Waals surface area contributed by atoms with Gasteiger partial charge in [-0.1, -0.05) is 29.8 Å². The Morgan fingerprint density at radius 1 is 1.29 bits per heavy atom. The summed E-state index contributed by atoms with van der Waals surface area (Å²) in [5.74, 6) is 5.59. The molecule has 0 aliphatic rings. The highest BCUT2D eigenvalue weighted by Crippen LogP contribution is 2.29. The Bertz CT molecular complexity index is 501. The van der Waals surface area contributed by atoms with Crippen LogP contribution in [0.25, 0.3) is 0 Å². The molecule has 4 nitrogen and oxygen atoms in total. The number of rotatable bonds is 3. The lowest BCUT2D eigenvalue weighted by atomic mass is 10.00. The Morgan fingerprint density at radius 3 is 2.65 bits per heavy atom. The minimum Gasteiger partial charge on any atom is -0.271 e. The molecule has 0 amide bonds. The van der Waals surface area contributed by atoms with Crippen molar-refractivity contribution in [3.63, 3.8) is 0 Å². The molecule has 1 aromatic carbocycles. The monoisotopic (exact) mass is 248 g/mol. The Hall–Kier alpha value is -1.49. The molecule has 1 unspecified atom stereocenters. The zero-order chi connectivity index (χ0) is 12.3. The van der Waals surface area contributed by atoms with Gasteiger partial charge in [0.2, 0.25) is 0 Å². The number of nitrogens with zero attached hydrogens (tertiary/aromatic N) is 2. The van der Waals surface area contributed by atoms with Crippen LogP contribution in [-0.2, 0) is 0 Å². The standard InChI is InChI=1S/C12H13ClN4/c1-8-3-2-4-10(11(8)13)12(17-14)9-5-15-7-16-6-9/h2-7,12,17H,14H2,1H3. The average Bonchev–Trinajstić information content (AvgIpc) is 2.37. The van der Waals surface area contributed by atoms with Gasteiger partial charge in [0.15, 0.2) is 0 Å². The van der Waals surface area contributed by atoms with Gasteiger partial charge < -0.3 is 0 Å². The summed E-state index contributed by atoms with van der Waals surface area (Å²) in [7, 11) is 0. The minimum absolute atomic E-state index is 0.205. The molecule has 17 heavy (non-hydrogen) atoms. The summed E-state index contributed by atoms with van der Waals surface area (Å²) in [6.07, 6.45) is 4.92. The van der Waals surface area contributed by atoms with Crippen molar-refractivity contribution in [2.45, 2.75) is 13.0 Å². The van der Waals surface area contributed by atoms with Crippen LogP contribution >= 0.6 is 11.6 Å². The molecule has 5 heteroatoms. The number of hydrazine groups is 1. The fraction of sp³-hybridized carbons (Fsp3) is 0.167. The van der Waals surface area contributed by atoms with Crippen LogP contribution in [0.5, 0.6) is 0 Å². The first-order valence-electron chi connectivity index (χ1n) is 5.20. The molecular weight excluding hydrogens is 236 g/mol. The van der Waals surface area contributed by atoms with E-state index in [0.717, 1.165) is 16.7 Å². The van der Waals surface area contributed by atoms with Crippen molar-refractivity contribution >= 4 is 11.6 Å². The predicted octanol–water partition coefficient (Wildman–Crippen LogP) is 1.99. The molecule has 0 saturated heterocycles. The van der Waals surface area contributed by atoms with Crippen molar-refractivity contribution in [1.82, 2.24) is 15.4 Å². The van der Waals surface area contributed by atoms with Crippen LogP contribution in [0.15, 0.2) is 36.9 Å². The van der Waals surface area contributed by atoms with Crippen LogP contribution in [-0.4, -0.2) is 9.97 Å². The third-order valence-electron chi connectivity index (χ3n) is 2.61. The van der Waals surface area contributed by atoms with Crippen molar-refractivity contribution in [2.75, 3.05) is 0 Å². The van der Waals surface area contributed by atoms with Crippen LogP contribution in [0.3, 0.4) is 0 Å². The quantitative estimate of drug-likeness (QED) is 0.644. The SMILES string of the molecule is Cc1cccc(C(NN)c2cncnc2)c1Cl. The molecule has 2 aromatic rings. The van der Waals surface area contributed by atoms with Gasteiger partial charge in [0.05, 0.1) is 6.04 Å². The first-order chi connectivity index (χ1) is 8.24. The van der Waals surface area contributed by atoms with Gasteiger partial charge in [0.25, 0.3) is 0 Å². The maximum Gasteiger partial charge on any atom is 0.115 e. The zero-order valence-corrected chi connectivity index (χ0v) is 10.1. The van der Waals surface area contributed by atoms with E-state index < -0.39 is 0 Å². The van der Waals surface area contributed by atoms with Gasteiger partial charge in [0.1, 0.15) is 6.33 Å². The Labute approximate surface area is 105 Å². The van der Waals surface area contributed by atoms with Gasteiger partial charge in [-0.15, -0.1) is 0 Å². The molecule has 0 bridgehead atoms. The Morgan fingerprint density at radius 2 is 2.00 bits per heavy atom. The molecular formula is C12H13ClN4. The van der Waals surface area contributed by atoms with Gasteiger partial charge in [-0.3, -0.25) is 5.84 Å². The number of hydrogen-bond donors (Lipinski definition) is 2. The number of nitrogens with two attached hydrogens (primary N) is 1. The van der Waals surface area contributed by atoms with E-state index in [1.807, 2.05) is 25.1 Å². The number of aromatic nitrogens is 2. The molecule has 88 valence electrons. The van der Waals surface area contributed by atoms with Crippen LogP contribution in [0, 0.1) is 6.92 Å². The predicted molar refractivity (Wildman–Crippen MR) is 67.4 cm³/mol. The molecule has 1 atom stereocenters. The second kappa shape index (κ2) is 5.23. The highest BCUT2D eigenvalue weighted by atomic mass is 35.5. The zero-order valence-electron chi connectivity index (χ0n) is 9.39. The second-order valence-electron chi connectivity index (χ2n) is 3.75. The molecule has 3 N–H and O–H groups in total. The molecule has 1 heterocycles. The summed E-state index contributed by atoms with van der Waals surface area (Å²) < 4.78 is 0. The maximum absolute atomic E-state index is 6.28. The fourth-order valence-corrected chi connectivity index (χ4v) is 1.95. The summed E-state index contributed by atoms with van der Waals surface area (Å²) in [6, 6.07) is 5.64. The summed E-state index contributed by atoms with van der Waals surface area (Å²) in [5, 5.41) is 0.708. The first-order valence-corrected chi connectivity index (χ1v) is 5.58. The van der Waals surface area contributed by atoms with E-state index in [9.17, 15) is 0 Å². The number of halogens is 1. The molecule has 0 saturated carbocycles. The topological polar surface area (TPSA) is 63.8 Å². The van der Waals surface area contributed by atoms with Crippen LogP contribution in [0.2, 0.25) is 5.02 Å².